The van der Waals surface area contributed by atoms with Gasteiger partial charge in [-0.3, -0.25) is 19.0 Å². The molecule has 14 heteroatoms. The van der Waals surface area contributed by atoms with Gasteiger partial charge in [-0.25, -0.2) is 4.98 Å². The van der Waals surface area contributed by atoms with Gasteiger partial charge >= 0.3 is 0 Å². The Morgan fingerprint density at radius 3 is 2.40 bits per heavy atom. The van der Waals surface area contributed by atoms with E-state index >= 15 is 0 Å². The van der Waals surface area contributed by atoms with E-state index < -0.39 is 0 Å². The summed E-state index contributed by atoms with van der Waals surface area (Å²) in [4.78, 5) is 50.2. The van der Waals surface area contributed by atoms with Crippen molar-refractivity contribution in [1.29, 1.82) is 0 Å². The first-order chi connectivity index (χ1) is 23.0. The first-order valence-corrected chi connectivity index (χ1v) is 16.6. The molecule has 0 aliphatic heterocycles. The number of benzene rings is 1. The minimum atomic E-state index is -0.345. The number of pyridine rings is 1. The number of rotatable bonds is 13. The highest BCUT2D eigenvalue weighted by Gasteiger charge is 2.32. The van der Waals surface area contributed by atoms with Crippen molar-refractivity contribution in [2.45, 2.75) is 56.8 Å². The number of nitrogens with zero attached hydrogens (tertiary/aromatic N) is 4. The Bertz CT molecular complexity index is 1760. The van der Waals surface area contributed by atoms with Gasteiger partial charge in [0.25, 0.3) is 5.56 Å². The molecular weight excluding hydrogens is 657 g/mol. The van der Waals surface area contributed by atoms with Crippen LogP contribution >= 0.6 is 23.2 Å². The number of halogens is 2. The van der Waals surface area contributed by atoms with Crippen molar-refractivity contribution in [3.8, 4) is 22.6 Å². The molecule has 0 saturated heterocycles. The van der Waals surface area contributed by atoms with Crippen LogP contribution in [0.4, 0.5) is 5.95 Å². The zero-order valence-electron chi connectivity index (χ0n) is 27.5. The summed E-state index contributed by atoms with van der Waals surface area (Å²) in [6.45, 7) is 4.57. The average molecular weight is 699 g/mol. The largest absolute Gasteiger partial charge is 0.495 e. The van der Waals surface area contributed by atoms with Crippen LogP contribution in [0.15, 0.2) is 47.9 Å². The third kappa shape index (κ3) is 7.77. The van der Waals surface area contributed by atoms with E-state index in [2.05, 4.69) is 27.5 Å². The lowest BCUT2D eigenvalue weighted by atomic mass is 9.80. The SMILES string of the molecule is C=CC(=O)NC1CCCC1Nc1ncc2cc(-c3c(Cl)c(OC)cc(OC)c3Cl)c(=O)n(CC3CC(NC(=O)/C=C/CN(C)C)C3)c2n1. The van der Waals surface area contributed by atoms with E-state index in [1.807, 2.05) is 25.1 Å². The van der Waals surface area contributed by atoms with Gasteiger partial charge in [0.1, 0.15) is 17.1 Å². The number of carbonyl (C=O) groups is 2. The molecule has 2 unspecified atom stereocenters. The lowest BCUT2D eigenvalue weighted by Crippen LogP contribution is -2.45. The van der Waals surface area contributed by atoms with Crippen LogP contribution in [0, 0.1) is 5.92 Å². The summed E-state index contributed by atoms with van der Waals surface area (Å²) >= 11 is 13.5. The Balaban J connectivity index is 1.49. The van der Waals surface area contributed by atoms with Gasteiger partial charge in [0, 0.05) is 60.5 Å². The number of nitrogens with one attached hydrogen (secondary N) is 3. The molecule has 0 bridgehead atoms. The Kier molecular flexibility index (Phi) is 11.3. The normalized spacial score (nSPS) is 20.5. The monoisotopic (exact) mass is 697 g/mol. The van der Waals surface area contributed by atoms with Crippen molar-refractivity contribution in [3.05, 3.63) is 63.5 Å². The quantitative estimate of drug-likeness (QED) is 0.221. The number of hydrogen-bond donors (Lipinski definition) is 3. The maximum absolute atomic E-state index is 14.4. The van der Waals surface area contributed by atoms with Crippen LogP contribution in [0.1, 0.15) is 32.1 Å². The first kappa shape index (κ1) is 35.2. The highest BCUT2D eigenvalue weighted by atomic mass is 35.5. The van der Waals surface area contributed by atoms with Gasteiger partial charge in [0.2, 0.25) is 17.8 Å². The minimum absolute atomic E-state index is 0.000110. The second-order valence-electron chi connectivity index (χ2n) is 12.4. The van der Waals surface area contributed by atoms with E-state index in [1.54, 1.807) is 29.0 Å². The Hall–Kier alpha value is -4.13. The van der Waals surface area contributed by atoms with E-state index in [0.29, 0.717) is 54.4 Å². The summed E-state index contributed by atoms with van der Waals surface area (Å²) in [5, 5.41) is 10.3. The molecule has 1 aromatic carbocycles. The van der Waals surface area contributed by atoms with E-state index in [4.69, 9.17) is 37.7 Å². The molecule has 2 aromatic heterocycles. The minimum Gasteiger partial charge on any atom is -0.495 e. The Morgan fingerprint density at radius 2 is 1.75 bits per heavy atom. The Labute approximate surface area is 289 Å². The van der Waals surface area contributed by atoms with Crippen molar-refractivity contribution in [3.63, 3.8) is 0 Å². The zero-order chi connectivity index (χ0) is 34.5. The fraction of sp³-hybridized carbons (Fsp3) is 0.441. The molecule has 48 heavy (non-hydrogen) atoms. The molecule has 3 aromatic rings. The van der Waals surface area contributed by atoms with Gasteiger partial charge in [-0.15, -0.1) is 0 Å². The second-order valence-corrected chi connectivity index (χ2v) is 13.2. The van der Waals surface area contributed by atoms with Crippen molar-refractivity contribution >= 4 is 52.0 Å². The molecule has 2 fully saturated rings. The first-order valence-electron chi connectivity index (χ1n) is 15.8. The van der Waals surface area contributed by atoms with E-state index in [0.717, 1.165) is 19.3 Å². The summed E-state index contributed by atoms with van der Waals surface area (Å²) in [7, 11) is 6.82. The van der Waals surface area contributed by atoms with Crippen molar-refractivity contribution in [2.24, 2.45) is 5.92 Å². The number of carbonyl (C=O) groups excluding carboxylic acids is 2. The van der Waals surface area contributed by atoms with Crippen LogP contribution in [0.25, 0.3) is 22.2 Å². The molecule has 0 radical (unpaired) electrons. The van der Waals surface area contributed by atoms with Crippen LogP contribution in [0.5, 0.6) is 11.5 Å². The molecule has 2 saturated carbocycles. The molecule has 2 heterocycles. The van der Waals surface area contributed by atoms with Gasteiger partial charge in [0.05, 0.1) is 29.8 Å². The average Bonchev–Trinajstić information content (AvgIpc) is 3.47. The fourth-order valence-electron chi connectivity index (χ4n) is 6.29. The number of amides is 2. The molecule has 5 rings (SSSR count). The topological polar surface area (TPSA) is 140 Å². The molecule has 12 nitrogen and oxygen atoms in total. The number of methoxy groups -OCH3 is 2. The van der Waals surface area contributed by atoms with Crippen LogP contribution in [0.3, 0.4) is 0 Å². The summed E-state index contributed by atoms with van der Waals surface area (Å²) in [5.41, 5.74) is 0.624. The van der Waals surface area contributed by atoms with Gasteiger partial charge in [-0.2, -0.15) is 4.98 Å². The maximum Gasteiger partial charge on any atom is 0.260 e. The molecule has 2 atom stereocenters. The molecule has 2 aliphatic carbocycles. The lowest BCUT2D eigenvalue weighted by Gasteiger charge is -2.36. The highest BCUT2D eigenvalue weighted by Crippen LogP contribution is 2.45. The highest BCUT2D eigenvalue weighted by molar-refractivity contribution is 6.41. The summed E-state index contributed by atoms with van der Waals surface area (Å²) in [6.07, 6.45) is 10.2. The van der Waals surface area contributed by atoms with Crippen molar-refractivity contribution < 1.29 is 19.1 Å². The maximum atomic E-state index is 14.4. The number of fused-ring (bicyclic) bond motifs is 1. The number of anilines is 1. The number of likely N-dealkylation sites (N-methyl/N-ethyl adjacent to an activating group) is 1. The molecular formula is C34H41Cl2N7O5. The van der Waals surface area contributed by atoms with Crippen molar-refractivity contribution in [1.82, 2.24) is 30.1 Å². The predicted molar refractivity (Wildman–Crippen MR) is 188 cm³/mol. The van der Waals surface area contributed by atoms with Crippen molar-refractivity contribution in [2.75, 3.05) is 40.2 Å². The van der Waals surface area contributed by atoms with Crippen LogP contribution in [-0.4, -0.2) is 84.2 Å². The van der Waals surface area contributed by atoms with E-state index in [-0.39, 0.29) is 62.6 Å². The molecule has 0 spiro atoms. The van der Waals surface area contributed by atoms with Gasteiger partial charge in [0.15, 0.2) is 0 Å². The van der Waals surface area contributed by atoms with E-state index in [9.17, 15) is 14.4 Å². The van der Waals surface area contributed by atoms with E-state index in [1.165, 1.54) is 20.3 Å². The van der Waals surface area contributed by atoms with Gasteiger partial charge in [-0.05, 0) is 64.3 Å². The Morgan fingerprint density at radius 1 is 1.06 bits per heavy atom. The summed E-state index contributed by atoms with van der Waals surface area (Å²) < 4.78 is 12.6. The number of ether oxygens (including phenoxy) is 2. The van der Waals surface area contributed by atoms with Gasteiger partial charge in [-0.1, -0.05) is 35.9 Å². The molecule has 2 amide bonds. The summed E-state index contributed by atoms with van der Waals surface area (Å²) in [6, 6.07) is 3.06. The second kappa shape index (κ2) is 15.4. The van der Waals surface area contributed by atoms with Gasteiger partial charge < -0.3 is 30.3 Å². The predicted octanol–water partition coefficient (Wildman–Crippen LogP) is 4.43. The molecule has 256 valence electrons. The van der Waals surface area contributed by atoms with Crippen LogP contribution in [-0.2, 0) is 16.1 Å². The number of aromatic nitrogens is 3. The van der Waals surface area contributed by atoms with Crippen LogP contribution < -0.4 is 31.0 Å². The molecule has 2 aliphatic rings. The fourth-order valence-corrected chi connectivity index (χ4v) is 7.00. The summed E-state index contributed by atoms with van der Waals surface area (Å²) in [5.74, 6) is 0.682. The third-order valence-corrected chi connectivity index (χ3v) is 9.53. The number of hydrogen-bond acceptors (Lipinski definition) is 9. The third-order valence-electron chi connectivity index (χ3n) is 8.78. The molecule has 3 N–H and O–H groups in total. The smallest absolute Gasteiger partial charge is 0.260 e. The van der Waals surface area contributed by atoms with Crippen LogP contribution in [0.2, 0.25) is 10.0 Å². The lowest BCUT2D eigenvalue weighted by molar-refractivity contribution is -0.118. The zero-order valence-corrected chi connectivity index (χ0v) is 29.0. The standard InChI is InChI=1S/C34H41Cl2N7O5/c1-6-27(44)39-23-9-7-10-24(23)40-34-37-17-20-15-22(29-30(35)25(47-4)16-26(48-5)31(29)36)33(46)43(32(20)41-34)18-19-13-21(14-19)38-28(45)11-8-12-42(2)3/h6,8,11,15-17,19,21,23-24H,1,7,9-10,12-14,18H2,2-5H3,(H,38,45)(H,39,44)(H,37,40,41)/b11-8+.